The summed E-state index contributed by atoms with van der Waals surface area (Å²) in [6.07, 6.45) is 8.76. The van der Waals surface area contributed by atoms with Gasteiger partial charge in [-0.15, -0.1) is 6.42 Å². The van der Waals surface area contributed by atoms with Crippen molar-refractivity contribution in [3.8, 4) is 12.3 Å². The number of nitrogens with one attached hydrogen (secondary N) is 2. The van der Waals surface area contributed by atoms with Gasteiger partial charge in [0.15, 0.2) is 0 Å². The number of halogens is 1. The lowest BCUT2D eigenvalue weighted by atomic mass is 10.2. The molecule has 0 aliphatic heterocycles. The highest BCUT2D eigenvalue weighted by molar-refractivity contribution is 9.10. The van der Waals surface area contributed by atoms with E-state index in [4.69, 9.17) is 6.42 Å². The van der Waals surface area contributed by atoms with Gasteiger partial charge in [0.1, 0.15) is 5.69 Å². The molecule has 0 fully saturated rings. The van der Waals surface area contributed by atoms with Gasteiger partial charge in [0, 0.05) is 10.7 Å². The second-order valence-electron chi connectivity index (χ2n) is 3.21. The van der Waals surface area contributed by atoms with Gasteiger partial charge in [-0.25, -0.2) is 0 Å². The second-order valence-corrected chi connectivity index (χ2v) is 4.13. The van der Waals surface area contributed by atoms with Crippen molar-refractivity contribution in [1.82, 2.24) is 10.3 Å². The van der Waals surface area contributed by atoms with Gasteiger partial charge in [-0.3, -0.25) is 4.79 Å². The first-order chi connectivity index (χ1) is 7.17. The van der Waals surface area contributed by atoms with E-state index in [9.17, 15) is 4.79 Å². The van der Waals surface area contributed by atoms with Crippen LogP contribution < -0.4 is 5.32 Å². The fraction of sp³-hybridized carbons (Fsp3) is 0.364. The molecule has 0 saturated carbocycles. The molecule has 0 aromatic carbocycles. The van der Waals surface area contributed by atoms with Gasteiger partial charge in [0.2, 0.25) is 0 Å². The molecular formula is C11H13BrN2O. The smallest absolute Gasteiger partial charge is 0.268 e. The molecule has 0 bridgehead atoms. The Balaban J connectivity index is 2.59. The SMILES string of the molecule is C#CC(CCC)NC(=O)c1cc(Br)c[nH]1. The lowest BCUT2D eigenvalue weighted by Gasteiger charge is -2.10. The number of aromatic amines is 1. The van der Waals surface area contributed by atoms with E-state index < -0.39 is 0 Å². The predicted molar refractivity (Wildman–Crippen MR) is 63.5 cm³/mol. The van der Waals surface area contributed by atoms with E-state index in [1.807, 2.05) is 6.92 Å². The molecule has 80 valence electrons. The highest BCUT2D eigenvalue weighted by Gasteiger charge is 2.11. The predicted octanol–water partition coefficient (Wildman–Crippen LogP) is 2.31. The molecule has 1 unspecified atom stereocenters. The van der Waals surface area contributed by atoms with Crippen molar-refractivity contribution < 1.29 is 4.79 Å². The van der Waals surface area contributed by atoms with Gasteiger partial charge in [-0.1, -0.05) is 19.3 Å². The maximum absolute atomic E-state index is 11.6. The van der Waals surface area contributed by atoms with Crippen molar-refractivity contribution >= 4 is 21.8 Å². The Kier molecular flexibility index (Phi) is 4.44. The zero-order valence-electron chi connectivity index (χ0n) is 8.51. The number of terminal acetylenes is 1. The summed E-state index contributed by atoms with van der Waals surface area (Å²) in [4.78, 5) is 14.5. The first-order valence-electron chi connectivity index (χ1n) is 4.78. The van der Waals surface area contributed by atoms with Crippen molar-refractivity contribution in [2.45, 2.75) is 25.8 Å². The van der Waals surface area contributed by atoms with Crippen molar-refractivity contribution in [3.63, 3.8) is 0 Å². The molecule has 3 nitrogen and oxygen atoms in total. The second kappa shape index (κ2) is 5.62. The van der Waals surface area contributed by atoms with E-state index >= 15 is 0 Å². The summed E-state index contributed by atoms with van der Waals surface area (Å²) in [5.74, 6) is 2.38. The third kappa shape index (κ3) is 3.45. The number of rotatable bonds is 4. The molecule has 1 heterocycles. The van der Waals surface area contributed by atoms with Crippen molar-refractivity contribution in [3.05, 3.63) is 22.4 Å². The zero-order valence-corrected chi connectivity index (χ0v) is 10.1. The number of aromatic nitrogens is 1. The van der Waals surface area contributed by atoms with Crippen LogP contribution in [-0.4, -0.2) is 16.9 Å². The number of hydrogen-bond acceptors (Lipinski definition) is 1. The standard InChI is InChI=1S/C11H13BrN2O/c1-3-5-9(4-2)14-11(15)10-6-8(12)7-13-10/h2,6-7,9,13H,3,5H2,1H3,(H,14,15). The van der Waals surface area contributed by atoms with Crippen molar-refractivity contribution in [1.29, 1.82) is 0 Å². The summed E-state index contributed by atoms with van der Waals surface area (Å²) >= 11 is 3.26. The minimum atomic E-state index is -0.190. The number of hydrogen-bond donors (Lipinski definition) is 2. The van der Waals surface area contributed by atoms with Crippen molar-refractivity contribution in [2.24, 2.45) is 0 Å². The van der Waals surface area contributed by atoms with E-state index in [0.717, 1.165) is 17.3 Å². The third-order valence-electron chi connectivity index (χ3n) is 1.98. The summed E-state index contributed by atoms with van der Waals surface area (Å²) in [7, 11) is 0. The van der Waals surface area contributed by atoms with E-state index in [1.165, 1.54) is 0 Å². The van der Waals surface area contributed by atoms with Crippen LogP contribution in [0, 0.1) is 12.3 Å². The molecule has 1 aromatic rings. The minimum Gasteiger partial charge on any atom is -0.356 e. The fourth-order valence-electron chi connectivity index (χ4n) is 1.22. The van der Waals surface area contributed by atoms with Crippen LogP contribution in [0.2, 0.25) is 0 Å². The Morgan fingerprint density at radius 1 is 1.80 bits per heavy atom. The molecule has 15 heavy (non-hydrogen) atoms. The third-order valence-corrected chi connectivity index (χ3v) is 2.43. The summed E-state index contributed by atoms with van der Waals surface area (Å²) in [6, 6.07) is 1.53. The van der Waals surface area contributed by atoms with Crippen LogP contribution in [0.15, 0.2) is 16.7 Å². The summed E-state index contributed by atoms with van der Waals surface area (Å²) in [6.45, 7) is 2.03. The van der Waals surface area contributed by atoms with Crippen molar-refractivity contribution in [2.75, 3.05) is 0 Å². The monoisotopic (exact) mass is 268 g/mol. The van der Waals surface area contributed by atoms with Gasteiger partial charge in [-0.05, 0) is 28.4 Å². The molecule has 0 aliphatic rings. The largest absolute Gasteiger partial charge is 0.356 e. The molecule has 0 spiro atoms. The minimum absolute atomic E-state index is 0.169. The maximum atomic E-state index is 11.6. The van der Waals surface area contributed by atoms with Gasteiger partial charge < -0.3 is 10.3 Å². The Bertz CT molecular complexity index is 378. The quantitative estimate of drug-likeness (QED) is 0.809. The van der Waals surface area contributed by atoms with Gasteiger partial charge >= 0.3 is 0 Å². The zero-order chi connectivity index (χ0) is 11.3. The molecule has 0 saturated heterocycles. The Morgan fingerprint density at radius 2 is 2.53 bits per heavy atom. The molecule has 0 aliphatic carbocycles. The number of carbonyl (C=O) groups is 1. The van der Waals surface area contributed by atoms with E-state index in [0.29, 0.717) is 5.69 Å². The molecule has 4 heteroatoms. The van der Waals surface area contributed by atoms with Crippen LogP contribution in [-0.2, 0) is 0 Å². The van der Waals surface area contributed by atoms with Crippen LogP contribution >= 0.6 is 15.9 Å². The highest BCUT2D eigenvalue weighted by atomic mass is 79.9. The number of H-pyrrole nitrogens is 1. The van der Waals surface area contributed by atoms with Gasteiger partial charge in [-0.2, -0.15) is 0 Å². The number of amides is 1. The number of carbonyl (C=O) groups excluding carboxylic acids is 1. The Labute approximate surface area is 97.8 Å². The molecule has 2 N–H and O–H groups in total. The topological polar surface area (TPSA) is 44.9 Å². The van der Waals surface area contributed by atoms with E-state index in [-0.39, 0.29) is 11.9 Å². The lowest BCUT2D eigenvalue weighted by molar-refractivity contribution is 0.0940. The van der Waals surface area contributed by atoms with Crippen LogP contribution in [0.4, 0.5) is 0 Å². The molecule has 1 rings (SSSR count). The highest BCUT2D eigenvalue weighted by Crippen LogP contribution is 2.10. The summed E-state index contributed by atoms with van der Waals surface area (Å²) < 4.78 is 0.848. The normalized spacial score (nSPS) is 11.8. The summed E-state index contributed by atoms with van der Waals surface area (Å²) in [5.41, 5.74) is 0.512. The molecule has 0 radical (unpaired) electrons. The first kappa shape index (κ1) is 11.9. The maximum Gasteiger partial charge on any atom is 0.268 e. The van der Waals surface area contributed by atoms with E-state index in [2.05, 4.69) is 32.2 Å². The Morgan fingerprint density at radius 3 is 3.00 bits per heavy atom. The first-order valence-corrected chi connectivity index (χ1v) is 5.57. The summed E-state index contributed by atoms with van der Waals surface area (Å²) in [5, 5.41) is 2.77. The van der Waals surface area contributed by atoms with E-state index in [1.54, 1.807) is 12.3 Å². The molecular weight excluding hydrogens is 256 g/mol. The Hall–Kier alpha value is -1.21. The fourth-order valence-corrected chi connectivity index (χ4v) is 1.56. The molecule has 1 aromatic heterocycles. The van der Waals surface area contributed by atoms with Crippen LogP contribution in [0.3, 0.4) is 0 Å². The molecule has 1 atom stereocenters. The average molecular weight is 269 g/mol. The van der Waals surface area contributed by atoms with Gasteiger partial charge in [0.05, 0.1) is 6.04 Å². The van der Waals surface area contributed by atoms with Crippen LogP contribution in [0.1, 0.15) is 30.3 Å². The molecule has 1 amide bonds. The van der Waals surface area contributed by atoms with Crippen LogP contribution in [0.5, 0.6) is 0 Å². The van der Waals surface area contributed by atoms with Crippen LogP contribution in [0.25, 0.3) is 0 Å². The van der Waals surface area contributed by atoms with Gasteiger partial charge in [0.25, 0.3) is 5.91 Å². The lowest BCUT2D eigenvalue weighted by Crippen LogP contribution is -2.33. The average Bonchev–Trinajstić information content (AvgIpc) is 2.64.